The third kappa shape index (κ3) is 3.99. The minimum atomic E-state index is -4.79. The number of benzene rings is 1. The third-order valence-electron chi connectivity index (χ3n) is 3.27. The number of nitrogens with zero attached hydrogens (tertiary/aromatic N) is 4. The van der Waals surface area contributed by atoms with E-state index in [1.807, 2.05) is 0 Å². The minimum absolute atomic E-state index is 0.0149. The van der Waals surface area contributed by atoms with Crippen molar-refractivity contribution in [1.29, 1.82) is 0 Å². The van der Waals surface area contributed by atoms with Crippen LogP contribution in [-0.4, -0.2) is 39.2 Å². The lowest BCUT2D eigenvalue weighted by Crippen LogP contribution is -2.24. The van der Waals surface area contributed by atoms with E-state index in [1.165, 1.54) is 23.8 Å². The Morgan fingerprint density at radius 2 is 1.88 bits per heavy atom. The van der Waals surface area contributed by atoms with Gasteiger partial charge in [-0.15, -0.1) is 28.5 Å². The fourth-order valence-electron chi connectivity index (χ4n) is 2.10. The molecule has 26 heavy (non-hydrogen) atoms. The molecule has 1 amide bonds. The molecule has 11 heteroatoms. The molecule has 136 valence electrons. The van der Waals surface area contributed by atoms with Gasteiger partial charge in [0.15, 0.2) is 11.5 Å². The Labute approximate surface area is 144 Å². The fourth-order valence-corrected chi connectivity index (χ4v) is 2.10. The molecule has 0 unspecified atom stereocenters. The molecule has 0 aliphatic rings. The van der Waals surface area contributed by atoms with Crippen molar-refractivity contribution in [3.8, 4) is 11.6 Å². The summed E-state index contributed by atoms with van der Waals surface area (Å²) in [6.07, 6.45) is -4.79. The SMILES string of the molecule is COc1ccc2nnc(CNC(=O)c3ccc(OC(F)(F)F)cc3)n2n1. The Hall–Kier alpha value is -3.37. The Morgan fingerprint density at radius 3 is 2.54 bits per heavy atom. The topological polar surface area (TPSA) is 90.6 Å². The summed E-state index contributed by atoms with van der Waals surface area (Å²) in [4.78, 5) is 12.1. The van der Waals surface area contributed by atoms with Crippen LogP contribution < -0.4 is 14.8 Å². The summed E-state index contributed by atoms with van der Waals surface area (Å²) in [7, 11) is 1.46. The maximum atomic E-state index is 12.1. The molecule has 0 radical (unpaired) electrons. The monoisotopic (exact) mass is 367 g/mol. The fraction of sp³-hybridized carbons (Fsp3) is 0.200. The Morgan fingerprint density at radius 1 is 1.15 bits per heavy atom. The summed E-state index contributed by atoms with van der Waals surface area (Å²) in [5, 5.41) is 14.6. The van der Waals surface area contributed by atoms with E-state index in [-0.39, 0.29) is 12.1 Å². The molecule has 0 aliphatic heterocycles. The molecule has 2 aromatic heterocycles. The molecule has 0 atom stereocenters. The van der Waals surface area contributed by atoms with Gasteiger partial charge in [0.25, 0.3) is 5.91 Å². The Kier molecular flexibility index (Phi) is 4.61. The summed E-state index contributed by atoms with van der Waals surface area (Å²) in [6, 6.07) is 7.84. The second kappa shape index (κ2) is 6.86. The highest BCUT2D eigenvalue weighted by Gasteiger charge is 2.31. The lowest BCUT2D eigenvalue weighted by molar-refractivity contribution is -0.274. The van der Waals surface area contributed by atoms with E-state index in [1.54, 1.807) is 12.1 Å². The molecule has 0 saturated heterocycles. The second-order valence-electron chi connectivity index (χ2n) is 5.02. The number of fused-ring (bicyclic) bond motifs is 1. The van der Waals surface area contributed by atoms with Gasteiger partial charge in [-0.25, -0.2) is 0 Å². The molecule has 8 nitrogen and oxygen atoms in total. The van der Waals surface area contributed by atoms with Crippen molar-refractivity contribution >= 4 is 11.6 Å². The van der Waals surface area contributed by atoms with Crippen LogP contribution >= 0.6 is 0 Å². The minimum Gasteiger partial charge on any atom is -0.480 e. The van der Waals surface area contributed by atoms with Crippen LogP contribution in [0.25, 0.3) is 5.65 Å². The Bertz CT molecular complexity index is 924. The van der Waals surface area contributed by atoms with E-state index >= 15 is 0 Å². The molecule has 1 aromatic carbocycles. The van der Waals surface area contributed by atoms with Crippen LogP contribution in [0, 0.1) is 0 Å². The predicted octanol–water partition coefficient (Wildman–Crippen LogP) is 1.96. The largest absolute Gasteiger partial charge is 0.573 e. The zero-order valence-corrected chi connectivity index (χ0v) is 13.3. The third-order valence-corrected chi connectivity index (χ3v) is 3.27. The average molecular weight is 367 g/mol. The zero-order valence-electron chi connectivity index (χ0n) is 13.3. The molecule has 0 fully saturated rings. The number of rotatable bonds is 5. The number of carbonyl (C=O) groups excluding carboxylic acids is 1. The molecule has 0 spiro atoms. The van der Waals surface area contributed by atoms with Crippen LogP contribution in [0.3, 0.4) is 0 Å². The van der Waals surface area contributed by atoms with Gasteiger partial charge in [-0.1, -0.05) is 0 Å². The summed E-state index contributed by atoms with van der Waals surface area (Å²) in [6.45, 7) is 0.0149. The molecule has 1 N–H and O–H groups in total. The van der Waals surface area contributed by atoms with Gasteiger partial charge in [0.1, 0.15) is 5.75 Å². The van der Waals surface area contributed by atoms with Crippen molar-refractivity contribution in [3.63, 3.8) is 0 Å². The number of aromatic nitrogens is 4. The molecule has 2 heterocycles. The molecule has 0 aliphatic carbocycles. The smallest absolute Gasteiger partial charge is 0.480 e. The number of hydrogen-bond donors (Lipinski definition) is 1. The van der Waals surface area contributed by atoms with Gasteiger partial charge < -0.3 is 14.8 Å². The quantitative estimate of drug-likeness (QED) is 0.741. The van der Waals surface area contributed by atoms with E-state index < -0.39 is 18.0 Å². The predicted molar refractivity (Wildman–Crippen MR) is 81.6 cm³/mol. The van der Waals surface area contributed by atoms with Crippen LogP contribution in [0.5, 0.6) is 11.6 Å². The summed E-state index contributed by atoms with van der Waals surface area (Å²) >= 11 is 0. The van der Waals surface area contributed by atoms with Gasteiger partial charge in [-0.2, -0.15) is 4.52 Å². The normalized spacial score (nSPS) is 11.4. The molecule has 0 saturated carbocycles. The zero-order chi connectivity index (χ0) is 18.7. The van der Waals surface area contributed by atoms with Gasteiger partial charge >= 0.3 is 6.36 Å². The molecular formula is C15H12F3N5O3. The first kappa shape index (κ1) is 17.5. The number of ether oxygens (including phenoxy) is 2. The molecule has 3 rings (SSSR count). The maximum Gasteiger partial charge on any atom is 0.573 e. The van der Waals surface area contributed by atoms with Crippen molar-refractivity contribution in [1.82, 2.24) is 25.1 Å². The van der Waals surface area contributed by atoms with Crippen LogP contribution in [0.4, 0.5) is 13.2 Å². The number of alkyl halides is 3. The lowest BCUT2D eigenvalue weighted by atomic mass is 10.2. The summed E-state index contributed by atoms with van der Waals surface area (Å²) in [5.74, 6) is -0.189. The first-order valence-corrected chi connectivity index (χ1v) is 7.25. The van der Waals surface area contributed by atoms with Gasteiger partial charge in [-0.3, -0.25) is 4.79 Å². The number of carbonyl (C=O) groups is 1. The summed E-state index contributed by atoms with van der Waals surface area (Å²) in [5.41, 5.74) is 0.641. The van der Waals surface area contributed by atoms with Crippen molar-refractivity contribution in [2.24, 2.45) is 0 Å². The number of hydrogen-bond acceptors (Lipinski definition) is 6. The van der Waals surface area contributed by atoms with Gasteiger partial charge in [-0.05, 0) is 30.3 Å². The van der Waals surface area contributed by atoms with Crippen molar-refractivity contribution in [3.05, 3.63) is 47.8 Å². The number of amides is 1. The highest BCUT2D eigenvalue weighted by Crippen LogP contribution is 2.22. The number of nitrogens with one attached hydrogen (secondary N) is 1. The van der Waals surface area contributed by atoms with Gasteiger partial charge in [0.05, 0.1) is 13.7 Å². The lowest BCUT2D eigenvalue weighted by Gasteiger charge is -2.09. The maximum absolute atomic E-state index is 12.1. The average Bonchev–Trinajstić information content (AvgIpc) is 3.01. The van der Waals surface area contributed by atoms with E-state index in [4.69, 9.17) is 4.74 Å². The van der Waals surface area contributed by atoms with E-state index in [0.717, 1.165) is 12.1 Å². The van der Waals surface area contributed by atoms with Gasteiger partial charge in [0, 0.05) is 11.6 Å². The highest BCUT2D eigenvalue weighted by atomic mass is 19.4. The van der Waals surface area contributed by atoms with Crippen molar-refractivity contribution < 1.29 is 27.4 Å². The Balaban J connectivity index is 1.67. The van der Waals surface area contributed by atoms with E-state index in [9.17, 15) is 18.0 Å². The van der Waals surface area contributed by atoms with Crippen LogP contribution in [0.2, 0.25) is 0 Å². The van der Waals surface area contributed by atoms with E-state index in [2.05, 4.69) is 25.3 Å². The summed E-state index contributed by atoms with van der Waals surface area (Å²) < 4.78 is 46.6. The van der Waals surface area contributed by atoms with E-state index in [0.29, 0.717) is 17.4 Å². The van der Waals surface area contributed by atoms with Crippen LogP contribution in [-0.2, 0) is 6.54 Å². The molecular weight excluding hydrogens is 355 g/mol. The standard InChI is InChI=1S/C15H12F3N5O3/c1-25-13-7-6-11-20-21-12(23(11)22-13)8-19-14(24)9-2-4-10(5-3-9)26-15(16,17)18/h2-7H,8H2,1H3,(H,19,24). The van der Waals surface area contributed by atoms with Crippen molar-refractivity contribution in [2.75, 3.05) is 7.11 Å². The number of halogens is 3. The molecule has 3 aromatic rings. The second-order valence-corrected chi connectivity index (χ2v) is 5.02. The van der Waals surface area contributed by atoms with Gasteiger partial charge in [0.2, 0.25) is 5.88 Å². The first-order valence-electron chi connectivity index (χ1n) is 7.25. The van der Waals surface area contributed by atoms with Crippen LogP contribution in [0.1, 0.15) is 16.2 Å². The van der Waals surface area contributed by atoms with Crippen molar-refractivity contribution in [2.45, 2.75) is 12.9 Å². The number of methoxy groups -OCH3 is 1. The first-order chi connectivity index (χ1) is 12.4. The molecule has 0 bridgehead atoms. The highest BCUT2D eigenvalue weighted by molar-refractivity contribution is 5.94. The van der Waals surface area contributed by atoms with Crippen LogP contribution in [0.15, 0.2) is 36.4 Å².